The number of esters is 1. The Morgan fingerprint density at radius 2 is 1.63 bits per heavy atom. The number of nitrogens with one attached hydrogen (secondary N) is 2. The molecule has 6 nitrogen and oxygen atoms in total. The summed E-state index contributed by atoms with van der Waals surface area (Å²) in [5.74, 6) is 1.10. The molecular weight excluding hydrogens is 380 g/mol. The highest BCUT2D eigenvalue weighted by molar-refractivity contribution is 5.98. The van der Waals surface area contributed by atoms with Crippen LogP contribution >= 0.6 is 0 Å². The Kier molecular flexibility index (Phi) is 5.93. The molecule has 4 saturated carbocycles. The van der Waals surface area contributed by atoms with Crippen molar-refractivity contribution in [1.82, 2.24) is 10.6 Å². The Hall–Kier alpha value is -2.63. The summed E-state index contributed by atoms with van der Waals surface area (Å²) >= 11 is 0. The van der Waals surface area contributed by atoms with E-state index in [4.69, 9.17) is 4.74 Å². The summed E-state index contributed by atoms with van der Waals surface area (Å²) in [6.07, 6.45) is 9.28. The van der Waals surface area contributed by atoms with E-state index in [1.165, 1.54) is 51.5 Å². The lowest BCUT2D eigenvalue weighted by Crippen LogP contribution is -2.51. The zero-order valence-electron chi connectivity index (χ0n) is 17.5. The average molecular weight is 411 g/mol. The van der Waals surface area contributed by atoms with Crippen LogP contribution in [0.2, 0.25) is 0 Å². The minimum absolute atomic E-state index is 0.0163. The molecule has 0 atom stereocenters. The van der Waals surface area contributed by atoms with Gasteiger partial charge in [-0.05, 0) is 73.3 Å². The van der Waals surface area contributed by atoms with Crippen LogP contribution in [-0.4, -0.2) is 30.9 Å². The van der Waals surface area contributed by atoms with Gasteiger partial charge >= 0.3 is 5.97 Å². The Bertz CT molecular complexity index is 811. The van der Waals surface area contributed by atoms with E-state index in [1.54, 1.807) is 0 Å². The third kappa shape index (κ3) is 4.91. The molecular formula is C24H30N2O4. The molecule has 4 aliphatic carbocycles. The Balaban J connectivity index is 1.29. The van der Waals surface area contributed by atoms with Gasteiger partial charge in [0.1, 0.15) is 5.70 Å². The van der Waals surface area contributed by atoms with E-state index in [0.29, 0.717) is 6.54 Å². The van der Waals surface area contributed by atoms with E-state index >= 15 is 0 Å². The molecule has 0 heterocycles. The van der Waals surface area contributed by atoms with Crippen LogP contribution < -0.4 is 10.6 Å². The number of rotatable bonds is 7. The minimum Gasteiger partial charge on any atom is -0.451 e. The fourth-order valence-corrected chi connectivity index (χ4v) is 6.10. The lowest BCUT2D eigenvalue weighted by molar-refractivity contribution is -0.146. The highest BCUT2D eigenvalue weighted by Crippen LogP contribution is 2.59. The molecule has 5 rings (SSSR count). The Morgan fingerprint density at radius 3 is 2.20 bits per heavy atom. The van der Waals surface area contributed by atoms with Gasteiger partial charge in [0, 0.05) is 13.5 Å². The predicted molar refractivity (Wildman–Crippen MR) is 113 cm³/mol. The topological polar surface area (TPSA) is 84.5 Å². The van der Waals surface area contributed by atoms with E-state index in [9.17, 15) is 14.4 Å². The molecule has 160 valence electrons. The number of carbonyl (C=O) groups is 3. The van der Waals surface area contributed by atoms with E-state index in [-0.39, 0.29) is 29.5 Å². The van der Waals surface area contributed by atoms with Crippen LogP contribution in [0.5, 0.6) is 0 Å². The maximum Gasteiger partial charge on any atom is 0.355 e. The first-order valence-electron chi connectivity index (χ1n) is 10.9. The molecule has 4 bridgehead atoms. The monoisotopic (exact) mass is 410 g/mol. The maximum absolute atomic E-state index is 12.4. The molecule has 0 saturated heterocycles. The number of carbonyl (C=O) groups excluding carboxylic acids is 3. The highest BCUT2D eigenvalue weighted by atomic mass is 16.5. The standard InChI is InChI=1S/C24H30N2O4/c1-16(27)26-21(10-17-5-3-2-4-6-17)23(29)30-14-22(28)25-15-24-11-18-7-19(12-24)9-20(8-18)13-24/h2-6,10,18-20H,7-9,11-15H2,1H3,(H,25,28)(H,26,27)/b21-10-. The summed E-state index contributed by atoms with van der Waals surface area (Å²) in [5, 5.41) is 5.49. The van der Waals surface area contributed by atoms with Crippen molar-refractivity contribution in [1.29, 1.82) is 0 Å². The van der Waals surface area contributed by atoms with Crippen molar-refractivity contribution < 1.29 is 19.1 Å². The van der Waals surface area contributed by atoms with Crippen molar-refractivity contribution in [2.75, 3.05) is 13.2 Å². The van der Waals surface area contributed by atoms with Crippen LogP contribution in [0.1, 0.15) is 51.0 Å². The molecule has 4 fully saturated rings. The van der Waals surface area contributed by atoms with Crippen molar-refractivity contribution in [3.63, 3.8) is 0 Å². The second-order valence-corrected chi connectivity index (χ2v) is 9.42. The zero-order chi connectivity index (χ0) is 21.1. The quantitative estimate of drug-likeness (QED) is 0.535. The highest BCUT2D eigenvalue weighted by Gasteiger charge is 2.50. The van der Waals surface area contributed by atoms with Gasteiger partial charge in [-0.15, -0.1) is 0 Å². The van der Waals surface area contributed by atoms with Gasteiger partial charge in [0.25, 0.3) is 5.91 Å². The fraction of sp³-hybridized carbons (Fsp3) is 0.542. The molecule has 1 aromatic carbocycles. The van der Waals surface area contributed by atoms with Gasteiger partial charge in [0.2, 0.25) is 5.91 Å². The molecule has 6 heteroatoms. The van der Waals surface area contributed by atoms with Gasteiger partial charge in [-0.3, -0.25) is 9.59 Å². The van der Waals surface area contributed by atoms with E-state index in [1.807, 2.05) is 30.3 Å². The van der Waals surface area contributed by atoms with Gasteiger partial charge in [-0.2, -0.15) is 0 Å². The first-order chi connectivity index (χ1) is 14.4. The van der Waals surface area contributed by atoms with Crippen LogP contribution in [0.15, 0.2) is 36.0 Å². The second kappa shape index (κ2) is 8.62. The van der Waals surface area contributed by atoms with Crippen LogP contribution in [0.4, 0.5) is 0 Å². The molecule has 0 radical (unpaired) electrons. The summed E-state index contributed by atoms with van der Waals surface area (Å²) in [7, 11) is 0. The molecule has 2 N–H and O–H groups in total. The van der Waals surface area contributed by atoms with Gasteiger partial charge in [-0.1, -0.05) is 30.3 Å². The van der Waals surface area contributed by atoms with Crippen LogP contribution in [-0.2, 0) is 19.1 Å². The third-order valence-electron chi connectivity index (χ3n) is 6.80. The normalized spacial score (nSPS) is 29.4. The molecule has 0 aromatic heterocycles. The number of benzene rings is 1. The molecule has 4 aliphatic rings. The van der Waals surface area contributed by atoms with Crippen molar-refractivity contribution in [3.05, 3.63) is 41.6 Å². The Morgan fingerprint density at radius 1 is 1.03 bits per heavy atom. The summed E-state index contributed by atoms with van der Waals surface area (Å²) in [6.45, 7) is 1.65. The summed E-state index contributed by atoms with van der Waals surface area (Å²) in [5.41, 5.74) is 1.01. The largest absolute Gasteiger partial charge is 0.451 e. The predicted octanol–water partition coefficient (Wildman–Crippen LogP) is 3.04. The molecule has 1 aromatic rings. The van der Waals surface area contributed by atoms with Crippen molar-refractivity contribution in [2.45, 2.75) is 45.4 Å². The first-order valence-corrected chi connectivity index (χ1v) is 10.9. The Labute approximate surface area is 177 Å². The first kappa shape index (κ1) is 20.6. The lowest BCUT2D eigenvalue weighted by Gasteiger charge is -2.56. The van der Waals surface area contributed by atoms with Crippen molar-refractivity contribution in [3.8, 4) is 0 Å². The van der Waals surface area contributed by atoms with Crippen LogP contribution in [0, 0.1) is 23.2 Å². The number of hydrogen-bond donors (Lipinski definition) is 2. The minimum atomic E-state index is -0.723. The lowest BCUT2D eigenvalue weighted by atomic mass is 9.49. The summed E-state index contributed by atoms with van der Waals surface area (Å²) in [6, 6.07) is 9.16. The second-order valence-electron chi connectivity index (χ2n) is 9.42. The van der Waals surface area contributed by atoms with Crippen molar-refractivity contribution >= 4 is 23.9 Å². The number of ether oxygens (including phenoxy) is 1. The maximum atomic E-state index is 12.4. The van der Waals surface area contributed by atoms with E-state index in [2.05, 4.69) is 10.6 Å². The van der Waals surface area contributed by atoms with Crippen molar-refractivity contribution in [2.24, 2.45) is 23.2 Å². The molecule has 0 spiro atoms. The fourth-order valence-electron chi connectivity index (χ4n) is 6.10. The zero-order valence-corrected chi connectivity index (χ0v) is 17.5. The summed E-state index contributed by atoms with van der Waals surface area (Å²) in [4.78, 5) is 36.2. The van der Waals surface area contributed by atoms with E-state index < -0.39 is 5.97 Å². The van der Waals surface area contributed by atoms with E-state index in [0.717, 1.165) is 23.3 Å². The SMILES string of the molecule is CC(=O)N/C(=C\c1ccccc1)C(=O)OCC(=O)NCC12CC3CC(CC(C3)C1)C2. The smallest absolute Gasteiger partial charge is 0.355 e. The van der Waals surface area contributed by atoms with Gasteiger partial charge < -0.3 is 15.4 Å². The molecule has 0 aliphatic heterocycles. The third-order valence-corrected chi connectivity index (χ3v) is 6.80. The molecule has 2 amide bonds. The molecule has 0 unspecified atom stereocenters. The summed E-state index contributed by atoms with van der Waals surface area (Å²) < 4.78 is 5.18. The number of amides is 2. The van der Waals surface area contributed by atoms with Crippen LogP contribution in [0.3, 0.4) is 0 Å². The molecule has 30 heavy (non-hydrogen) atoms. The average Bonchev–Trinajstić information content (AvgIpc) is 2.69. The van der Waals surface area contributed by atoms with Crippen LogP contribution in [0.25, 0.3) is 6.08 Å². The number of hydrogen-bond acceptors (Lipinski definition) is 4. The van der Waals surface area contributed by atoms with Gasteiger partial charge in [0.15, 0.2) is 6.61 Å². The van der Waals surface area contributed by atoms with Gasteiger partial charge in [-0.25, -0.2) is 4.79 Å². The van der Waals surface area contributed by atoms with Gasteiger partial charge in [0.05, 0.1) is 0 Å².